The molecule has 3 amide bonds. The number of fused-ring (bicyclic) bond motifs is 1. The number of benzene rings is 3. The molecule has 0 bridgehead atoms. The predicted molar refractivity (Wildman–Crippen MR) is 172 cm³/mol. The number of nitrogens with zero attached hydrogens (tertiary/aromatic N) is 2. The molecule has 3 aromatic carbocycles. The Morgan fingerprint density at radius 2 is 1.87 bits per heavy atom. The number of thiol groups is 1. The van der Waals surface area contributed by atoms with E-state index in [9.17, 15) is 19.1 Å². The number of hydrogen-bond acceptors (Lipinski definition) is 9. The topological polar surface area (TPSA) is 122 Å². The number of pyridine rings is 1. The number of aliphatic hydroxyl groups is 1. The van der Waals surface area contributed by atoms with Crippen molar-refractivity contribution < 1.29 is 37.7 Å². The van der Waals surface area contributed by atoms with Crippen LogP contribution in [0.2, 0.25) is 0 Å². The second-order valence-electron chi connectivity index (χ2n) is 10.9. The second kappa shape index (κ2) is 15.2. The summed E-state index contributed by atoms with van der Waals surface area (Å²) in [6, 6.07) is 13.3. The maximum atomic E-state index is 15.2. The summed E-state index contributed by atoms with van der Waals surface area (Å²) in [5, 5.41) is 16.6. The highest BCUT2D eigenvalue weighted by atomic mass is 32.1. The number of rotatable bonds is 11. The summed E-state index contributed by atoms with van der Waals surface area (Å²) in [7, 11) is 1.49. The fourth-order valence-corrected chi connectivity index (χ4v) is 5.32. The van der Waals surface area contributed by atoms with E-state index in [0.29, 0.717) is 34.4 Å². The number of amides is 3. The number of urea groups is 1. The van der Waals surface area contributed by atoms with Gasteiger partial charge in [0, 0.05) is 29.8 Å². The first kappa shape index (κ1) is 32.9. The highest BCUT2D eigenvalue weighted by Crippen LogP contribution is 2.38. The molecule has 242 valence electrons. The first-order chi connectivity index (χ1) is 22.2. The zero-order chi connectivity index (χ0) is 32.6. The van der Waals surface area contributed by atoms with E-state index in [1.54, 1.807) is 18.2 Å². The molecular formula is C33H34F2N4O6S. The number of ether oxygens (including phenoxy) is 3. The molecule has 2 atom stereocenters. The predicted octanol–water partition coefficient (Wildman–Crippen LogP) is 5.72. The van der Waals surface area contributed by atoms with Gasteiger partial charge in [-0.3, -0.25) is 15.1 Å². The minimum Gasteiger partial charge on any atom is -0.493 e. The standard InChI is InChI=1S/C33H34F2N4O6S/c1-43-30-17-25-27(18-31(30)44-19-24(40)15-22-4-2-3-12-36-22)37-13-11-28(25)45-29-10-9-23(16-26(29)35)39(46)33(42)38-32(41)14-20-5-7-21(34)8-6-20/h5-11,13,16-18,22,24,36,40,46H,2-4,12,14-15,19H2,1H3,(H,38,41,42). The van der Waals surface area contributed by atoms with E-state index in [-0.39, 0.29) is 36.3 Å². The van der Waals surface area contributed by atoms with Crippen molar-refractivity contribution in [1.82, 2.24) is 15.6 Å². The fraction of sp³-hybridized carbons (Fsp3) is 0.303. The Labute approximate surface area is 270 Å². The van der Waals surface area contributed by atoms with Gasteiger partial charge in [-0.05, 0) is 67.8 Å². The number of anilines is 1. The van der Waals surface area contributed by atoms with Gasteiger partial charge in [0.2, 0.25) is 5.91 Å². The van der Waals surface area contributed by atoms with Gasteiger partial charge in [-0.15, -0.1) is 0 Å². The first-order valence-electron chi connectivity index (χ1n) is 14.8. The SMILES string of the molecule is COc1cc2c(Oc3ccc(N(S)C(=O)NC(=O)Cc4ccc(F)cc4)cc3F)ccnc2cc1OCC(O)CC1CCCCN1. The molecule has 0 radical (unpaired) electrons. The van der Waals surface area contributed by atoms with Crippen LogP contribution in [-0.4, -0.2) is 54.4 Å². The van der Waals surface area contributed by atoms with Gasteiger partial charge in [0.25, 0.3) is 0 Å². The molecule has 0 aliphatic carbocycles. The van der Waals surface area contributed by atoms with E-state index < -0.39 is 29.7 Å². The number of nitrogens with one attached hydrogen (secondary N) is 2. The molecule has 46 heavy (non-hydrogen) atoms. The maximum Gasteiger partial charge on any atom is 0.338 e. The lowest BCUT2D eigenvalue weighted by Crippen LogP contribution is -2.39. The van der Waals surface area contributed by atoms with Crippen molar-refractivity contribution in [2.45, 2.75) is 44.2 Å². The summed E-state index contributed by atoms with van der Waals surface area (Å²) in [6.45, 7) is 1.03. The van der Waals surface area contributed by atoms with Crippen LogP contribution in [-0.2, 0) is 11.2 Å². The van der Waals surface area contributed by atoms with Crippen molar-refractivity contribution in [3.05, 3.63) is 84.1 Å². The third-order valence-corrected chi connectivity index (χ3v) is 7.90. The van der Waals surface area contributed by atoms with E-state index in [4.69, 9.17) is 14.2 Å². The van der Waals surface area contributed by atoms with Gasteiger partial charge < -0.3 is 24.6 Å². The van der Waals surface area contributed by atoms with Crippen LogP contribution in [0.1, 0.15) is 31.2 Å². The van der Waals surface area contributed by atoms with E-state index in [2.05, 4.69) is 28.4 Å². The minimum atomic E-state index is -0.896. The van der Waals surface area contributed by atoms with Crippen LogP contribution in [0, 0.1) is 11.6 Å². The third-order valence-electron chi connectivity index (χ3n) is 7.48. The first-order valence-corrected chi connectivity index (χ1v) is 15.2. The van der Waals surface area contributed by atoms with Crippen LogP contribution in [0.4, 0.5) is 19.3 Å². The number of methoxy groups -OCH3 is 1. The van der Waals surface area contributed by atoms with E-state index >= 15 is 4.39 Å². The minimum absolute atomic E-state index is 0.0461. The summed E-state index contributed by atoms with van der Waals surface area (Å²) < 4.78 is 46.4. The number of aliphatic hydroxyl groups excluding tert-OH is 1. The van der Waals surface area contributed by atoms with Crippen LogP contribution < -0.4 is 29.1 Å². The van der Waals surface area contributed by atoms with Crippen molar-refractivity contribution in [3.63, 3.8) is 0 Å². The molecule has 2 heterocycles. The van der Waals surface area contributed by atoms with Gasteiger partial charge >= 0.3 is 6.03 Å². The quantitative estimate of drug-likeness (QED) is 0.152. The maximum absolute atomic E-state index is 15.2. The molecule has 0 saturated carbocycles. The third kappa shape index (κ3) is 8.42. The molecule has 1 saturated heterocycles. The number of carbonyl (C=O) groups is 2. The zero-order valence-corrected chi connectivity index (χ0v) is 25.9. The molecule has 3 N–H and O–H groups in total. The Morgan fingerprint density at radius 3 is 2.59 bits per heavy atom. The van der Waals surface area contributed by atoms with Gasteiger partial charge in [0.1, 0.15) is 18.2 Å². The van der Waals surface area contributed by atoms with Crippen molar-refractivity contribution >= 4 is 41.3 Å². The van der Waals surface area contributed by atoms with Crippen molar-refractivity contribution in [2.75, 3.05) is 24.6 Å². The van der Waals surface area contributed by atoms with Crippen LogP contribution in [0.15, 0.2) is 66.9 Å². The molecule has 1 aromatic heterocycles. The molecule has 1 aliphatic heterocycles. The average Bonchev–Trinajstić information content (AvgIpc) is 3.05. The molecule has 13 heteroatoms. The fourth-order valence-electron chi connectivity index (χ4n) is 5.14. The second-order valence-corrected chi connectivity index (χ2v) is 11.3. The van der Waals surface area contributed by atoms with Gasteiger partial charge in [-0.2, -0.15) is 0 Å². The lowest BCUT2D eigenvalue weighted by Gasteiger charge is -2.25. The lowest BCUT2D eigenvalue weighted by molar-refractivity contribution is -0.119. The van der Waals surface area contributed by atoms with Crippen molar-refractivity contribution in [1.29, 1.82) is 0 Å². The van der Waals surface area contributed by atoms with E-state index in [0.717, 1.165) is 36.2 Å². The normalized spacial score (nSPS) is 15.2. The van der Waals surface area contributed by atoms with Crippen LogP contribution >= 0.6 is 12.8 Å². The van der Waals surface area contributed by atoms with Crippen molar-refractivity contribution in [2.24, 2.45) is 0 Å². The van der Waals surface area contributed by atoms with Crippen LogP contribution in [0.5, 0.6) is 23.0 Å². The Hall–Kier alpha value is -4.46. The Bertz CT molecular complexity index is 1690. The highest BCUT2D eigenvalue weighted by molar-refractivity contribution is 7.82. The number of piperidine rings is 1. The highest BCUT2D eigenvalue weighted by Gasteiger charge is 2.20. The molecule has 4 aromatic rings. The molecule has 5 rings (SSSR count). The summed E-state index contributed by atoms with van der Waals surface area (Å²) in [6.07, 6.45) is 4.58. The average molecular weight is 653 g/mol. The number of aromatic nitrogens is 1. The molecular weight excluding hydrogens is 618 g/mol. The van der Waals surface area contributed by atoms with E-state index in [1.165, 1.54) is 49.7 Å². The van der Waals surface area contributed by atoms with Gasteiger partial charge in [0.15, 0.2) is 23.1 Å². The van der Waals surface area contributed by atoms with Crippen molar-refractivity contribution in [3.8, 4) is 23.0 Å². The summed E-state index contributed by atoms with van der Waals surface area (Å²) in [5.74, 6) is -0.940. The molecule has 1 aliphatic rings. The number of hydrogen-bond donors (Lipinski definition) is 4. The van der Waals surface area contributed by atoms with E-state index in [1.807, 2.05) is 0 Å². The van der Waals surface area contributed by atoms with Gasteiger partial charge in [0.05, 0.1) is 30.8 Å². The Morgan fingerprint density at radius 1 is 1.07 bits per heavy atom. The number of halogens is 2. The number of carbonyl (C=O) groups excluding carboxylic acids is 2. The monoisotopic (exact) mass is 652 g/mol. The Balaban J connectivity index is 1.24. The van der Waals surface area contributed by atoms with Gasteiger partial charge in [-0.1, -0.05) is 31.4 Å². The smallest absolute Gasteiger partial charge is 0.338 e. The number of imide groups is 1. The van der Waals surface area contributed by atoms with Crippen LogP contribution in [0.25, 0.3) is 10.9 Å². The Kier molecular flexibility index (Phi) is 10.9. The summed E-state index contributed by atoms with van der Waals surface area (Å²) >= 11 is 4.11. The lowest BCUT2D eigenvalue weighted by atomic mass is 9.99. The molecule has 1 fully saturated rings. The zero-order valence-electron chi connectivity index (χ0n) is 25.0. The summed E-state index contributed by atoms with van der Waals surface area (Å²) in [4.78, 5) is 29.2. The molecule has 0 spiro atoms. The molecule has 2 unspecified atom stereocenters. The largest absolute Gasteiger partial charge is 0.493 e. The van der Waals surface area contributed by atoms with Crippen LogP contribution in [0.3, 0.4) is 0 Å². The molecule has 10 nitrogen and oxygen atoms in total. The summed E-state index contributed by atoms with van der Waals surface area (Å²) in [5.41, 5.74) is 1.05. The van der Waals surface area contributed by atoms with Gasteiger partial charge in [-0.25, -0.2) is 17.9 Å².